The maximum Gasteiger partial charge on any atom is 0.348 e. The molecule has 2 aromatic heterocycles. The van der Waals surface area contributed by atoms with E-state index < -0.39 is 0 Å². The SMILES string of the molecule is CCOC(=O)c1sc2nc(C3CCC(C)CC3)[nH]c(=O)c2c1C. The van der Waals surface area contributed by atoms with Crippen LogP contribution in [0.3, 0.4) is 0 Å². The van der Waals surface area contributed by atoms with Crippen LogP contribution in [0.5, 0.6) is 0 Å². The molecule has 124 valence electrons. The summed E-state index contributed by atoms with van der Waals surface area (Å²) in [5.74, 6) is 1.46. The first-order valence-corrected chi connectivity index (χ1v) is 9.03. The summed E-state index contributed by atoms with van der Waals surface area (Å²) in [6.45, 7) is 6.14. The molecule has 0 radical (unpaired) electrons. The minimum absolute atomic E-state index is 0.145. The number of H-pyrrole nitrogens is 1. The number of rotatable bonds is 3. The first-order valence-electron chi connectivity index (χ1n) is 8.21. The zero-order chi connectivity index (χ0) is 16.6. The fraction of sp³-hybridized carbons (Fsp3) is 0.588. The normalized spacial score (nSPS) is 21.5. The Labute approximate surface area is 139 Å². The van der Waals surface area contributed by atoms with Crippen LogP contribution in [0.1, 0.15) is 66.5 Å². The Kier molecular flexibility index (Phi) is 4.53. The van der Waals surface area contributed by atoms with Gasteiger partial charge >= 0.3 is 5.97 Å². The van der Waals surface area contributed by atoms with Gasteiger partial charge in [-0.2, -0.15) is 0 Å². The van der Waals surface area contributed by atoms with E-state index in [0.29, 0.717) is 33.2 Å². The van der Waals surface area contributed by atoms with Gasteiger partial charge in [0.25, 0.3) is 5.56 Å². The van der Waals surface area contributed by atoms with Crippen LogP contribution in [-0.2, 0) is 4.74 Å². The second kappa shape index (κ2) is 6.43. The molecule has 1 saturated carbocycles. The number of thiophene rings is 1. The van der Waals surface area contributed by atoms with Crippen LogP contribution in [0.15, 0.2) is 4.79 Å². The molecule has 0 unspecified atom stereocenters. The lowest BCUT2D eigenvalue weighted by Gasteiger charge is -2.25. The van der Waals surface area contributed by atoms with Gasteiger partial charge < -0.3 is 9.72 Å². The number of aryl methyl sites for hydroxylation is 1. The lowest BCUT2D eigenvalue weighted by atomic mass is 9.82. The molecule has 0 aromatic carbocycles. The highest BCUT2D eigenvalue weighted by atomic mass is 32.1. The molecule has 1 N–H and O–H groups in total. The van der Waals surface area contributed by atoms with Crippen molar-refractivity contribution in [2.75, 3.05) is 6.61 Å². The van der Waals surface area contributed by atoms with Gasteiger partial charge in [-0.1, -0.05) is 19.8 Å². The number of carbonyl (C=O) groups excluding carboxylic acids is 1. The quantitative estimate of drug-likeness (QED) is 0.867. The summed E-state index contributed by atoms with van der Waals surface area (Å²) in [5.41, 5.74) is 0.522. The summed E-state index contributed by atoms with van der Waals surface area (Å²) in [4.78, 5) is 33.2. The minimum atomic E-state index is -0.375. The van der Waals surface area contributed by atoms with E-state index in [4.69, 9.17) is 4.74 Å². The summed E-state index contributed by atoms with van der Waals surface area (Å²) in [7, 11) is 0. The molecule has 1 aliphatic rings. The predicted molar refractivity (Wildman–Crippen MR) is 91.3 cm³/mol. The highest BCUT2D eigenvalue weighted by Gasteiger charge is 2.24. The van der Waals surface area contributed by atoms with Gasteiger partial charge in [-0.25, -0.2) is 9.78 Å². The number of nitrogens with one attached hydrogen (secondary N) is 1. The number of carbonyl (C=O) groups is 1. The molecule has 0 atom stereocenters. The molecule has 5 nitrogen and oxygen atoms in total. The Bertz CT molecular complexity index is 785. The Morgan fingerprint density at radius 2 is 2.04 bits per heavy atom. The third-order valence-corrected chi connectivity index (χ3v) is 5.85. The lowest BCUT2D eigenvalue weighted by molar-refractivity contribution is 0.0531. The summed E-state index contributed by atoms with van der Waals surface area (Å²) in [6.07, 6.45) is 4.46. The Morgan fingerprint density at radius 3 is 2.70 bits per heavy atom. The van der Waals surface area contributed by atoms with Crippen LogP contribution in [0.4, 0.5) is 0 Å². The van der Waals surface area contributed by atoms with E-state index in [1.54, 1.807) is 13.8 Å². The van der Waals surface area contributed by atoms with Crippen LogP contribution in [0.2, 0.25) is 0 Å². The van der Waals surface area contributed by atoms with Crippen molar-refractivity contribution in [1.29, 1.82) is 0 Å². The zero-order valence-corrected chi connectivity index (χ0v) is 14.6. The fourth-order valence-corrected chi connectivity index (χ4v) is 4.36. The summed E-state index contributed by atoms with van der Waals surface area (Å²) in [5, 5.41) is 0.519. The molecule has 0 spiro atoms. The molecule has 0 bridgehead atoms. The van der Waals surface area contributed by atoms with E-state index in [0.717, 1.165) is 24.6 Å². The van der Waals surface area contributed by atoms with Crippen molar-refractivity contribution in [1.82, 2.24) is 9.97 Å². The van der Waals surface area contributed by atoms with Gasteiger partial charge in [0.15, 0.2) is 0 Å². The van der Waals surface area contributed by atoms with E-state index >= 15 is 0 Å². The van der Waals surface area contributed by atoms with Crippen molar-refractivity contribution < 1.29 is 9.53 Å². The smallest absolute Gasteiger partial charge is 0.348 e. The number of aromatic amines is 1. The van der Waals surface area contributed by atoms with Gasteiger partial charge in [0.2, 0.25) is 0 Å². The lowest BCUT2D eigenvalue weighted by Crippen LogP contribution is -2.18. The second-order valence-corrected chi connectivity index (χ2v) is 7.36. The second-order valence-electron chi connectivity index (χ2n) is 6.36. The Hall–Kier alpha value is -1.69. The highest BCUT2D eigenvalue weighted by Crippen LogP contribution is 2.35. The molecular formula is C17H22N2O3S. The van der Waals surface area contributed by atoms with Gasteiger partial charge in [0, 0.05) is 5.92 Å². The topological polar surface area (TPSA) is 72.0 Å². The molecule has 0 amide bonds. The average Bonchev–Trinajstić information content (AvgIpc) is 2.86. The van der Waals surface area contributed by atoms with Crippen LogP contribution in [0, 0.1) is 12.8 Å². The van der Waals surface area contributed by atoms with Crippen molar-refractivity contribution in [3.63, 3.8) is 0 Å². The van der Waals surface area contributed by atoms with Crippen molar-refractivity contribution >= 4 is 27.5 Å². The molecule has 0 aliphatic heterocycles. The molecule has 6 heteroatoms. The number of ether oxygens (including phenoxy) is 1. The van der Waals surface area contributed by atoms with Gasteiger partial charge in [-0.05, 0) is 38.2 Å². The molecule has 1 fully saturated rings. The highest BCUT2D eigenvalue weighted by molar-refractivity contribution is 7.20. The summed E-state index contributed by atoms with van der Waals surface area (Å²) in [6, 6.07) is 0. The predicted octanol–water partition coefficient (Wildman–Crippen LogP) is 3.76. The van der Waals surface area contributed by atoms with Crippen molar-refractivity contribution in [2.45, 2.75) is 52.4 Å². The zero-order valence-electron chi connectivity index (χ0n) is 13.8. The van der Waals surface area contributed by atoms with Gasteiger partial charge in [-0.3, -0.25) is 4.79 Å². The number of nitrogens with zero attached hydrogens (tertiary/aromatic N) is 1. The van der Waals surface area contributed by atoms with E-state index in [1.165, 1.54) is 24.2 Å². The van der Waals surface area contributed by atoms with Crippen LogP contribution >= 0.6 is 11.3 Å². The molecule has 23 heavy (non-hydrogen) atoms. The van der Waals surface area contributed by atoms with Gasteiger partial charge in [0.1, 0.15) is 15.5 Å². The fourth-order valence-electron chi connectivity index (χ4n) is 3.28. The number of hydrogen-bond donors (Lipinski definition) is 1. The Morgan fingerprint density at radius 1 is 1.35 bits per heavy atom. The van der Waals surface area contributed by atoms with E-state index in [1.807, 2.05) is 0 Å². The van der Waals surface area contributed by atoms with E-state index in [2.05, 4.69) is 16.9 Å². The summed E-state index contributed by atoms with van der Waals surface area (Å²) < 4.78 is 5.07. The third kappa shape index (κ3) is 3.04. The molecule has 2 heterocycles. The van der Waals surface area contributed by atoms with Gasteiger partial charge in [-0.15, -0.1) is 11.3 Å². The van der Waals surface area contributed by atoms with Crippen molar-refractivity contribution in [3.05, 3.63) is 26.6 Å². The maximum atomic E-state index is 12.5. The summed E-state index contributed by atoms with van der Waals surface area (Å²) >= 11 is 1.26. The standard InChI is InChI=1S/C17H22N2O3S/c1-4-22-17(21)13-10(3)12-15(20)18-14(19-16(12)23-13)11-7-5-9(2)6-8-11/h9,11H,4-8H2,1-3H3,(H,18,19,20). The molecule has 3 rings (SSSR count). The van der Waals surface area contributed by atoms with E-state index in [9.17, 15) is 9.59 Å². The number of aromatic nitrogens is 2. The first kappa shape index (κ1) is 16.2. The third-order valence-electron chi connectivity index (χ3n) is 4.68. The van der Waals surface area contributed by atoms with Crippen LogP contribution < -0.4 is 5.56 Å². The van der Waals surface area contributed by atoms with Crippen LogP contribution in [0.25, 0.3) is 10.2 Å². The van der Waals surface area contributed by atoms with Crippen molar-refractivity contribution in [3.8, 4) is 0 Å². The van der Waals surface area contributed by atoms with Crippen LogP contribution in [-0.4, -0.2) is 22.5 Å². The van der Waals surface area contributed by atoms with Gasteiger partial charge in [0.05, 0.1) is 12.0 Å². The largest absolute Gasteiger partial charge is 0.462 e. The first-order chi connectivity index (χ1) is 11.0. The Balaban J connectivity index is 2.01. The monoisotopic (exact) mass is 334 g/mol. The molecule has 2 aromatic rings. The van der Waals surface area contributed by atoms with Crippen molar-refractivity contribution in [2.24, 2.45) is 5.92 Å². The van der Waals surface area contributed by atoms with E-state index in [-0.39, 0.29) is 11.5 Å². The number of fused-ring (bicyclic) bond motifs is 1. The molecule has 1 aliphatic carbocycles. The minimum Gasteiger partial charge on any atom is -0.462 e. The average molecular weight is 334 g/mol. The number of esters is 1. The molecular weight excluding hydrogens is 312 g/mol. The number of hydrogen-bond acceptors (Lipinski definition) is 5. The molecule has 0 saturated heterocycles. The maximum absolute atomic E-state index is 12.5.